The molecule has 2 saturated carbocycles. The van der Waals surface area contributed by atoms with Gasteiger partial charge in [0.1, 0.15) is 42.7 Å². The number of carboxylic acids is 1. The number of carboxylic acid groups (broad SMARTS) is 1. The molecule has 5 aliphatic rings. The van der Waals surface area contributed by atoms with Crippen molar-refractivity contribution in [3.8, 4) is 0 Å². The van der Waals surface area contributed by atoms with E-state index in [9.17, 15) is 40.2 Å². The molecular weight excluding hydrogens is 867 g/mol. The maximum absolute atomic E-state index is 12.8. The van der Waals surface area contributed by atoms with Crippen LogP contribution in [-0.2, 0) is 46.2 Å². The predicted octanol–water partition coefficient (Wildman–Crippen LogP) is 1.02. The first-order valence-corrected chi connectivity index (χ1v) is 25.3. The molecule has 5 fully saturated rings. The SMILES string of the molecule is CC(=O)NC1C(OC2CC(CCc3ccc(CN4CCCNCCNCCCNCC4)cc3)CC(C)C2OC2OC(C)C(O)C(O)C2O)OC(CO)C(O)C1O[C@@H](CC1CCCCC1)C(=O)O. The largest absolute Gasteiger partial charge is 0.479 e. The van der Waals surface area contributed by atoms with Crippen LogP contribution in [0.1, 0.15) is 103 Å². The third-order valence-corrected chi connectivity index (χ3v) is 14.6. The maximum atomic E-state index is 12.8. The zero-order valence-electron chi connectivity index (χ0n) is 40.1. The van der Waals surface area contributed by atoms with Crippen molar-refractivity contribution in [1.29, 1.82) is 0 Å². The number of carbonyl (C=O) groups excluding carboxylic acids is 1. The molecule has 3 aliphatic heterocycles. The average Bonchev–Trinajstić information content (AvgIpc) is 3.31. The van der Waals surface area contributed by atoms with Crippen LogP contribution in [-0.4, -0.2) is 186 Å². The second-order valence-corrected chi connectivity index (χ2v) is 20.0. The maximum Gasteiger partial charge on any atom is 0.332 e. The van der Waals surface area contributed by atoms with Gasteiger partial charge in [-0.3, -0.25) is 9.69 Å². The van der Waals surface area contributed by atoms with Crippen molar-refractivity contribution in [3.05, 3.63) is 35.4 Å². The standard InChI is InChI=1S/C49H83N5O13/c1-30-25-36(16-13-33-11-14-35(15-12-33)28-54-23-8-19-51-21-20-50-17-7-18-52-22-24-54)27-37(45(30)67-49-44(60)43(59)41(57)31(2)63-49)65-48-40(53-32(3)56)46(42(58)39(29-55)66-48)64-38(47(61)62)26-34-9-5-4-6-10-34/h11-12,14-15,30-31,34,36-46,48-52,55,57-60H,4-10,13,16-29H2,1-3H3,(H,53,56)(H,61,62)/t30?,31?,36?,37?,38-,39?,40?,41?,42?,43?,44?,45?,46?,48?,49?/m0/s1. The van der Waals surface area contributed by atoms with Gasteiger partial charge in [0.15, 0.2) is 18.7 Å². The minimum Gasteiger partial charge on any atom is -0.479 e. The molecule has 0 spiro atoms. The highest BCUT2D eigenvalue weighted by Gasteiger charge is 2.52. The Labute approximate surface area is 397 Å². The molecule has 0 aromatic heterocycles. The fourth-order valence-corrected chi connectivity index (χ4v) is 10.8. The normalized spacial score (nSPS) is 36.4. The third kappa shape index (κ3) is 16.1. The molecule has 0 bridgehead atoms. The van der Waals surface area contributed by atoms with Gasteiger partial charge in [0, 0.05) is 39.6 Å². The van der Waals surface area contributed by atoms with Crippen LogP contribution >= 0.6 is 0 Å². The Kier molecular flexibility index (Phi) is 22.0. The molecule has 382 valence electrons. The molecule has 1 amide bonds. The van der Waals surface area contributed by atoms with E-state index in [4.69, 9.17) is 23.7 Å². The van der Waals surface area contributed by atoms with Crippen LogP contribution in [0.3, 0.4) is 0 Å². The number of aryl methyl sites for hydroxylation is 1. The fourth-order valence-electron chi connectivity index (χ4n) is 10.8. The number of hydrogen-bond acceptors (Lipinski definition) is 16. The quantitative estimate of drug-likeness (QED) is 0.111. The van der Waals surface area contributed by atoms with E-state index in [-0.39, 0.29) is 24.2 Å². The van der Waals surface area contributed by atoms with Crippen LogP contribution in [0.4, 0.5) is 0 Å². The number of hydrogen-bond donors (Lipinski definition) is 10. The molecule has 1 aromatic carbocycles. The van der Waals surface area contributed by atoms with E-state index in [0.717, 1.165) is 123 Å². The van der Waals surface area contributed by atoms with Gasteiger partial charge in [-0.1, -0.05) is 63.3 Å². The molecule has 18 nitrogen and oxygen atoms in total. The summed E-state index contributed by atoms with van der Waals surface area (Å²) in [4.78, 5) is 28.0. The lowest BCUT2D eigenvalue weighted by atomic mass is 9.76. The van der Waals surface area contributed by atoms with E-state index >= 15 is 0 Å². The van der Waals surface area contributed by atoms with Gasteiger partial charge < -0.3 is 75.6 Å². The summed E-state index contributed by atoms with van der Waals surface area (Å²) in [5.74, 6) is -1.61. The molecule has 14 unspecified atom stereocenters. The summed E-state index contributed by atoms with van der Waals surface area (Å²) < 4.78 is 31.7. The van der Waals surface area contributed by atoms with E-state index in [1.54, 1.807) is 6.92 Å². The number of aliphatic hydroxyl groups is 5. The van der Waals surface area contributed by atoms with Crippen LogP contribution in [0.5, 0.6) is 0 Å². The molecule has 67 heavy (non-hydrogen) atoms. The van der Waals surface area contributed by atoms with Gasteiger partial charge in [-0.25, -0.2) is 4.79 Å². The number of carbonyl (C=O) groups is 2. The van der Waals surface area contributed by atoms with Crippen molar-refractivity contribution in [2.24, 2.45) is 17.8 Å². The monoisotopic (exact) mass is 950 g/mol. The summed E-state index contributed by atoms with van der Waals surface area (Å²) in [7, 11) is 0. The molecular formula is C49H83N5O13. The first-order chi connectivity index (χ1) is 32.3. The number of amides is 1. The lowest BCUT2D eigenvalue weighted by Crippen LogP contribution is -2.67. The summed E-state index contributed by atoms with van der Waals surface area (Å²) in [6, 6.07) is 7.66. The molecule has 2 aliphatic carbocycles. The van der Waals surface area contributed by atoms with Gasteiger partial charge in [0.2, 0.25) is 5.91 Å². The molecule has 3 saturated heterocycles. The Morgan fingerprint density at radius 3 is 2.13 bits per heavy atom. The molecule has 10 N–H and O–H groups in total. The second kappa shape index (κ2) is 27.3. The Balaban J connectivity index is 1.17. The highest BCUT2D eigenvalue weighted by atomic mass is 16.7. The summed E-state index contributed by atoms with van der Waals surface area (Å²) in [5, 5.41) is 77.9. The molecule has 15 atom stereocenters. The zero-order chi connectivity index (χ0) is 47.9. The van der Waals surface area contributed by atoms with Gasteiger partial charge in [-0.05, 0) is 107 Å². The van der Waals surface area contributed by atoms with Crippen molar-refractivity contribution in [2.75, 3.05) is 59.0 Å². The van der Waals surface area contributed by atoms with Gasteiger partial charge in [0.25, 0.3) is 0 Å². The molecule has 1 aromatic rings. The average molecular weight is 950 g/mol. The summed E-state index contributed by atoms with van der Waals surface area (Å²) in [6.45, 7) is 13.0. The minimum absolute atomic E-state index is 0.122. The Bertz CT molecular complexity index is 1600. The highest BCUT2D eigenvalue weighted by molar-refractivity contribution is 5.73. The summed E-state index contributed by atoms with van der Waals surface area (Å²) in [6.07, 6.45) is -4.69. The Morgan fingerprint density at radius 1 is 0.761 bits per heavy atom. The first-order valence-electron chi connectivity index (χ1n) is 25.3. The number of aliphatic carboxylic acids is 1. The van der Waals surface area contributed by atoms with E-state index in [1.807, 2.05) is 6.92 Å². The Hall–Kier alpha value is -2.40. The van der Waals surface area contributed by atoms with E-state index < -0.39 is 98.1 Å². The smallest absolute Gasteiger partial charge is 0.332 e. The van der Waals surface area contributed by atoms with Gasteiger partial charge >= 0.3 is 5.97 Å². The van der Waals surface area contributed by atoms with Crippen molar-refractivity contribution in [1.82, 2.24) is 26.2 Å². The highest BCUT2D eigenvalue weighted by Crippen LogP contribution is 2.40. The minimum atomic E-state index is -1.56. The summed E-state index contributed by atoms with van der Waals surface area (Å²) >= 11 is 0. The molecule has 0 radical (unpaired) electrons. The van der Waals surface area contributed by atoms with E-state index in [1.165, 1.54) is 18.1 Å². The molecule has 6 rings (SSSR count). The number of aliphatic hydroxyl groups excluding tert-OH is 5. The van der Waals surface area contributed by atoms with Gasteiger partial charge in [-0.15, -0.1) is 0 Å². The number of ether oxygens (including phenoxy) is 5. The first kappa shape index (κ1) is 53.9. The second-order valence-electron chi connectivity index (χ2n) is 20.0. The molecule has 18 heteroatoms. The van der Waals surface area contributed by atoms with Crippen LogP contribution in [0, 0.1) is 17.8 Å². The predicted molar refractivity (Wildman–Crippen MR) is 249 cm³/mol. The molecule has 3 heterocycles. The van der Waals surface area contributed by atoms with E-state index in [0.29, 0.717) is 6.42 Å². The fraction of sp³-hybridized carbons (Fsp3) is 0.837. The third-order valence-electron chi connectivity index (χ3n) is 14.6. The topological polar surface area (TPSA) is 253 Å². The summed E-state index contributed by atoms with van der Waals surface area (Å²) in [5.41, 5.74) is 2.47. The van der Waals surface area contributed by atoms with Crippen molar-refractivity contribution >= 4 is 11.9 Å². The number of nitrogens with zero attached hydrogens (tertiary/aromatic N) is 1. The van der Waals surface area contributed by atoms with Crippen molar-refractivity contribution in [2.45, 2.75) is 184 Å². The lowest BCUT2D eigenvalue weighted by Gasteiger charge is -2.49. The van der Waals surface area contributed by atoms with Crippen LogP contribution < -0.4 is 21.3 Å². The van der Waals surface area contributed by atoms with Crippen LogP contribution in [0.2, 0.25) is 0 Å². The van der Waals surface area contributed by atoms with Gasteiger partial charge in [0.05, 0.1) is 24.9 Å². The van der Waals surface area contributed by atoms with Crippen LogP contribution in [0.15, 0.2) is 24.3 Å². The number of nitrogens with one attached hydrogen (secondary N) is 4. The van der Waals surface area contributed by atoms with Crippen LogP contribution in [0.25, 0.3) is 0 Å². The van der Waals surface area contributed by atoms with Crippen molar-refractivity contribution < 1.29 is 63.9 Å². The number of benzene rings is 1. The van der Waals surface area contributed by atoms with E-state index in [2.05, 4.69) is 50.4 Å². The Morgan fingerprint density at radius 2 is 1.45 bits per heavy atom. The lowest BCUT2D eigenvalue weighted by molar-refractivity contribution is -0.338. The zero-order valence-corrected chi connectivity index (χ0v) is 40.1. The van der Waals surface area contributed by atoms with Crippen molar-refractivity contribution in [3.63, 3.8) is 0 Å². The van der Waals surface area contributed by atoms with Gasteiger partial charge in [-0.2, -0.15) is 0 Å². The number of rotatable bonds is 16.